The number of nitrogens with one attached hydrogen (secondary N) is 1. The van der Waals surface area contributed by atoms with E-state index in [2.05, 4.69) is 25.6 Å². The van der Waals surface area contributed by atoms with Gasteiger partial charge in [0, 0.05) is 0 Å². The lowest BCUT2D eigenvalue weighted by atomic mass is 10.2. The first kappa shape index (κ1) is 14.6. The van der Waals surface area contributed by atoms with Crippen LogP contribution in [0.25, 0.3) is 5.69 Å². The molecule has 0 spiro atoms. The van der Waals surface area contributed by atoms with Crippen LogP contribution in [0.1, 0.15) is 18.3 Å². The van der Waals surface area contributed by atoms with Crippen LogP contribution in [0.4, 0.5) is 0 Å². The van der Waals surface area contributed by atoms with Gasteiger partial charge in [0.1, 0.15) is 0 Å². The molecule has 0 saturated heterocycles. The smallest absolute Gasteiger partial charge is 0.396 e. The summed E-state index contributed by atoms with van der Waals surface area (Å²) in [6.07, 6.45) is 0. The Labute approximate surface area is 121 Å². The Morgan fingerprint density at radius 2 is 2.00 bits per heavy atom. The van der Waals surface area contributed by atoms with E-state index >= 15 is 0 Å². The first-order valence-electron chi connectivity index (χ1n) is 6.41. The first-order valence-corrected chi connectivity index (χ1v) is 6.41. The van der Waals surface area contributed by atoms with Gasteiger partial charge in [0.25, 0.3) is 0 Å². The number of aryl methyl sites for hydroxylation is 1. The highest BCUT2D eigenvalue weighted by atomic mass is 16.5. The molecule has 1 amide bonds. The first-order chi connectivity index (χ1) is 10.1. The quantitative estimate of drug-likeness (QED) is 0.635. The molecule has 0 unspecified atom stereocenters. The van der Waals surface area contributed by atoms with Crippen molar-refractivity contribution in [2.24, 2.45) is 0 Å². The van der Waals surface area contributed by atoms with Crippen molar-refractivity contribution in [3.63, 3.8) is 0 Å². The fourth-order valence-corrected chi connectivity index (χ4v) is 1.63. The molecule has 1 aromatic carbocycles. The Hall–Kier alpha value is -2.77. The second-order valence-electron chi connectivity index (χ2n) is 4.25. The van der Waals surface area contributed by atoms with Gasteiger partial charge in [-0.05, 0) is 36.4 Å². The average Bonchev–Trinajstić information content (AvgIpc) is 2.94. The Kier molecular flexibility index (Phi) is 4.60. The van der Waals surface area contributed by atoms with Crippen LogP contribution >= 0.6 is 0 Å². The maximum Gasteiger partial charge on any atom is 0.396 e. The Balaban J connectivity index is 2.06. The molecule has 0 aliphatic rings. The number of amides is 1. The molecule has 8 nitrogen and oxygen atoms in total. The highest BCUT2D eigenvalue weighted by molar-refractivity contribution is 6.32. The van der Waals surface area contributed by atoms with Gasteiger partial charge in [0.05, 0.1) is 18.8 Å². The SMILES string of the molecule is CCOC(=O)C(=O)NCc1nnnn1-c1ccc(C)cc1. The van der Waals surface area contributed by atoms with Gasteiger partial charge < -0.3 is 10.1 Å². The molecule has 0 atom stereocenters. The molecule has 0 saturated carbocycles. The molecular formula is C13H15N5O3. The molecule has 0 aliphatic heterocycles. The summed E-state index contributed by atoms with van der Waals surface area (Å²) in [7, 11) is 0. The number of hydrogen-bond acceptors (Lipinski definition) is 6. The van der Waals surface area contributed by atoms with E-state index in [9.17, 15) is 9.59 Å². The van der Waals surface area contributed by atoms with E-state index in [-0.39, 0.29) is 13.2 Å². The zero-order chi connectivity index (χ0) is 15.2. The summed E-state index contributed by atoms with van der Waals surface area (Å²) < 4.78 is 6.08. The van der Waals surface area contributed by atoms with Gasteiger partial charge in [0.2, 0.25) is 0 Å². The molecule has 8 heteroatoms. The van der Waals surface area contributed by atoms with Crippen molar-refractivity contribution in [1.82, 2.24) is 25.5 Å². The van der Waals surface area contributed by atoms with Crippen molar-refractivity contribution in [1.29, 1.82) is 0 Å². The number of esters is 1. The number of carbonyl (C=O) groups excluding carboxylic acids is 2. The fraction of sp³-hybridized carbons (Fsp3) is 0.308. The third kappa shape index (κ3) is 3.62. The number of carbonyl (C=O) groups is 2. The highest BCUT2D eigenvalue weighted by Gasteiger charge is 2.16. The minimum atomic E-state index is -0.924. The van der Waals surface area contributed by atoms with Crippen molar-refractivity contribution in [3.05, 3.63) is 35.7 Å². The van der Waals surface area contributed by atoms with Crippen LogP contribution in [0.15, 0.2) is 24.3 Å². The molecule has 1 heterocycles. The lowest BCUT2D eigenvalue weighted by Crippen LogP contribution is -2.32. The second-order valence-corrected chi connectivity index (χ2v) is 4.25. The summed E-state index contributed by atoms with van der Waals surface area (Å²) in [6, 6.07) is 7.58. The molecule has 0 aliphatic carbocycles. The molecule has 110 valence electrons. The lowest BCUT2D eigenvalue weighted by Gasteiger charge is -2.06. The molecule has 2 rings (SSSR count). The Morgan fingerprint density at radius 3 is 2.67 bits per heavy atom. The number of rotatable bonds is 4. The molecule has 0 bridgehead atoms. The van der Waals surface area contributed by atoms with E-state index in [1.165, 1.54) is 4.68 Å². The third-order valence-corrected chi connectivity index (χ3v) is 2.68. The molecular weight excluding hydrogens is 274 g/mol. The number of hydrogen-bond donors (Lipinski definition) is 1. The number of tetrazole rings is 1. The second kappa shape index (κ2) is 6.60. The normalized spacial score (nSPS) is 10.2. The van der Waals surface area contributed by atoms with Crippen LogP contribution in [0.3, 0.4) is 0 Å². The maximum atomic E-state index is 11.5. The van der Waals surface area contributed by atoms with Crippen molar-refractivity contribution >= 4 is 11.9 Å². The Morgan fingerprint density at radius 1 is 1.29 bits per heavy atom. The number of ether oxygens (including phenoxy) is 1. The molecule has 0 radical (unpaired) electrons. The summed E-state index contributed by atoms with van der Waals surface area (Å²) in [5, 5.41) is 13.7. The molecule has 1 N–H and O–H groups in total. The van der Waals surface area contributed by atoms with Crippen LogP contribution < -0.4 is 5.32 Å². The predicted octanol–water partition coefficient (Wildman–Crippen LogP) is 0.150. The lowest BCUT2D eigenvalue weighted by molar-refractivity contribution is -0.154. The van der Waals surface area contributed by atoms with Crippen LogP contribution in [0.5, 0.6) is 0 Å². The van der Waals surface area contributed by atoms with Gasteiger partial charge in [-0.2, -0.15) is 4.68 Å². The van der Waals surface area contributed by atoms with Crippen LogP contribution in [-0.2, 0) is 20.9 Å². The summed E-state index contributed by atoms with van der Waals surface area (Å²) in [4.78, 5) is 22.7. The molecule has 21 heavy (non-hydrogen) atoms. The van der Waals surface area contributed by atoms with Crippen LogP contribution in [-0.4, -0.2) is 38.7 Å². The zero-order valence-electron chi connectivity index (χ0n) is 11.7. The predicted molar refractivity (Wildman–Crippen MR) is 72.4 cm³/mol. The monoisotopic (exact) mass is 289 g/mol. The van der Waals surface area contributed by atoms with E-state index in [1.807, 2.05) is 31.2 Å². The standard InChI is InChI=1S/C13H15N5O3/c1-3-21-13(20)12(19)14-8-11-15-16-17-18(11)10-6-4-9(2)5-7-10/h4-7H,3,8H2,1-2H3,(H,14,19). The van der Waals surface area contributed by atoms with Crippen molar-refractivity contribution in [3.8, 4) is 5.69 Å². The number of aromatic nitrogens is 4. The molecule has 1 aromatic heterocycles. The van der Waals surface area contributed by atoms with E-state index < -0.39 is 11.9 Å². The Bertz CT molecular complexity index is 636. The van der Waals surface area contributed by atoms with Crippen molar-refractivity contribution in [2.75, 3.05) is 6.61 Å². The number of benzene rings is 1. The van der Waals surface area contributed by atoms with Gasteiger partial charge in [-0.25, -0.2) is 4.79 Å². The summed E-state index contributed by atoms with van der Waals surface area (Å²) in [5.74, 6) is -1.33. The van der Waals surface area contributed by atoms with Crippen LogP contribution in [0, 0.1) is 6.92 Å². The van der Waals surface area contributed by atoms with Crippen LogP contribution in [0.2, 0.25) is 0 Å². The minimum absolute atomic E-state index is 0.0263. The summed E-state index contributed by atoms with van der Waals surface area (Å²) in [6.45, 7) is 3.78. The molecule has 2 aromatic rings. The zero-order valence-corrected chi connectivity index (χ0v) is 11.7. The van der Waals surface area contributed by atoms with E-state index in [0.29, 0.717) is 5.82 Å². The van der Waals surface area contributed by atoms with E-state index in [1.54, 1.807) is 6.92 Å². The van der Waals surface area contributed by atoms with E-state index in [4.69, 9.17) is 0 Å². The van der Waals surface area contributed by atoms with Gasteiger partial charge in [-0.1, -0.05) is 17.7 Å². The van der Waals surface area contributed by atoms with Crippen molar-refractivity contribution < 1.29 is 14.3 Å². The molecule has 0 fully saturated rings. The third-order valence-electron chi connectivity index (χ3n) is 2.68. The minimum Gasteiger partial charge on any atom is -0.459 e. The fourth-order valence-electron chi connectivity index (χ4n) is 1.63. The number of nitrogens with zero attached hydrogens (tertiary/aromatic N) is 4. The maximum absolute atomic E-state index is 11.5. The van der Waals surface area contributed by atoms with Gasteiger partial charge >= 0.3 is 11.9 Å². The average molecular weight is 289 g/mol. The van der Waals surface area contributed by atoms with Gasteiger partial charge in [-0.15, -0.1) is 5.10 Å². The van der Waals surface area contributed by atoms with Crippen molar-refractivity contribution in [2.45, 2.75) is 20.4 Å². The van der Waals surface area contributed by atoms with E-state index in [0.717, 1.165) is 11.3 Å². The summed E-state index contributed by atoms with van der Waals surface area (Å²) in [5.41, 5.74) is 1.88. The largest absolute Gasteiger partial charge is 0.459 e. The van der Waals surface area contributed by atoms with Gasteiger partial charge in [-0.3, -0.25) is 4.79 Å². The van der Waals surface area contributed by atoms with Gasteiger partial charge in [0.15, 0.2) is 5.82 Å². The summed E-state index contributed by atoms with van der Waals surface area (Å²) >= 11 is 0. The highest BCUT2D eigenvalue weighted by Crippen LogP contribution is 2.09. The topological polar surface area (TPSA) is 99.0 Å².